The smallest absolute Gasteiger partial charge is 0.416 e. The Balaban J connectivity index is 1.46. The van der Waals surface area contributed by atoms with Crippen molar-refractivity contribution in [2.24, 2.45) is 0 Å². The minimum atomic E-state index is -4.60. The molecule has 3 aromatic carbocycles. The molecule has 0 radical (unpaired) electrons. The predicted octanol–water partition coefficient (Wildman–Crippen LogP) is 4.62. The van der Waals surface area contributed by atoms with Gasteiger partial charge in [0.2, 0.25) is 5.91 Å². The average Bonchev–Trinajstić information content (AvgIpc) is 3.21. The predicted molar refractivity (Wildman–Crippen MR) is 117 cm³/mol. The third kappa shape index (κ3) is 5.46. The van der Waals surface area contributed by atoms with Gasteiger partial charge in [-0.3, -0.25) is 9.52 Å². The van der Waals surface area contributed by atoms with Crippen LogP contribution >= 0.6 is 0 Å². The molecular weight excluding hydrogens is 457 g/mol. The van der Waals surface area contributed by atoms with Crippen LogP contribution in [0.25, 0.3) is 0 Å². The first-order chi connectivity index (χ1) is 15.6. The van der Waals surface area contributed by atoms with E-state index in [4.69, 9.17) is 4.74 Å². The van der Waals surface area contributed by atoms with Gasteiger partial charge < -0.3 is 10.1 Å². The van der Waals surface area contributed by atoms with Gasteiger partial charge in [-0.15, -0.1) is 0 Å². The highest BCUT2D eigenvalue weighted by atomic mass is 32.2. The molecule has 2 N–H and O–H groups in total. The SMILES string of the molecule is O=C(Cc1ccc2c(c1)CCO2)Nc1cccc(S(=O)(=O)Nc2cccc(C(F)(F)F)c2)c1. The van der Waals surface area contributed by atoms with Gasteiger partial charge in [-0.05, 0) is 53.6 Å². The fraction of sp³-hybridized carbons (Fsp3) is 0.174. The van der Waals surface area contributed by atoms with Crippen LogP contribution in [0.5, 0.6) is 5.75 Å². The molecule has 0 spiro atoms. The number of sulfonamides is 1. The summed E-state index contributed by atoms with van der Waals surface area (Å²) >= 11 is 0. The van der Waals surface area contributed by atoms with Gasteiger partial charge in [0.05, 0.1) is 23.5 Å². The number of alkyl halides is 3. The van der Waals surface area contributed by atoms with Crippen LogP contribution in [0.4, 0.5) is 24.5 Å². The third-order valence-corrected chi connectivity index (χ3v) is 6.37. The number of hydrogen-bond acceptors (Lipinski definition) is 4. The highest BCUT2D eigenvalue weighted by Crippen LogP contribution is 2.31. The lowest BCUT2D eigenvalue weighted by atomic mass is 10.1. The Hall–Kier alpha value is -3.53. The molecule has 0 fully saturated rings. The standard InChI is InChI=1S/C23H19F3N2O4S/c24-23(25,26)17-3-1-5-19(13-17)28-33(30,31)20-6-2-4-18(14-20)27-22(29)12-15-7-8-21-16(11-15)9-10-32-21/h1-8,11,13-14,28H,9-10,12H2,(H,27,29). The molecule has 172 valence electrons. The van der Waals surface area contributed by atoms with E-state index in [2.05, 4.69) is 10.0 Å². The molecule has 4 rings (SSSR count). The highest BCUT2D eigenvalue weighted by Gasteiger charge is 2.30. The van der Waals surface area contributed by atoms with Gasteiger partial charge in [0.25, 0.3) is 10.0 Å². The van der Waals surface area contributed by atoms with Crippen LogP contribution in [0, 0.1) is 0 Å². The monoisotopic (exact) mass is 476 g/mol. The summed E-state index contributed by atoms with van der Waals surface area (Å²) < 4.78 is 71.6. The average molecular weight is 476 g/mol. The molecule has 1 aliphatic heterocycles. The molecule has 1 amide bonds. The molecule has 1 aliphatic rings. The number of nitrogens with one attached hydrogen (secondary N) is 2. The van der Waals surface area contributed by atoms with Crippen LogP contribution in [0.1, 0.15) is 16.7 Å². The second-order valence-corrected chi connectivity index (χ2v) is 9.16. The van der Waals surface area contributed by atoms with E-state index >= 15 is 0 Å². The number of anilines is 2. The van der Waals surface area contributed by atoms with E-state index in [0.29, 0.717) is 12.7 Å². The van der Waals surface area contributed by atoms with E-state index in [1.54, 1.807) is 6.07 Å². The summed E-state index contributed by atoms with van der Waals surface area (Å²) in [5.41, 5.74) is 0.888. The molecule has 0 aromatic heterocycles. The van der Waals surface area contributed by atoms with Crippen molar-refractivity contribution in [3.05, 3.63) is 83.4 Å². The zero-order valence-corrected chi connectivity index (χ0v) is 18.0. The number of fused-ring (bicyclic) bond motifs is 1. The number of benzene rings is 3. The van der Waals surface area contributed by atoms with E-state index in [1.165, 1.54) is 30.3 Å². The summed E-state index contributed by atoms with van der Waals surface area (Å²) in [4.78, 5) is 12.3. The Morgan fingerprint density at radius 2 is 1.73 bits per heavy atom. The van der Waals surface area contributed by atoms with Crippen molar-refractivity contribution in [3.8, 4) is 5.75 Å². The van der Waals surface area contributed by atoms with Crippen LogP contribution in [0.3, 0.4) is 0 Å². The topological polar surface area (TPSA) is 84.5 Å². The van der Waals surface area contributed by atoms with Crippen LogP contribution in [0.2, 0.25) is 0 Å². The van der Waals surface area contributed by atoms with Gasteiger partial charge in [-0.25, -0.2) is 8.42 Å². The van der Waals surface area contributed by atoms with E-state index < -0.39 is 21.8 Å². The number of carbonyl (C=O) groups excluding carboxylic acids is 1. The van der Waals surface area contributed by atoms with Crippen LogP contribution in [-0.4, -0.2) is 20.9 Å². The molecule has 10 heteroatoms. The van der Waals surface area contributed by atoms with Gasteiger partial charge in [0.15, 0.2) is 0 Å². The zero-order valence-electron chi connectivity index (χ0n) is 17.1. The van der Waals surface area contributed by atoms with Gasteiger partial charge in [0.1, 0.15) is 5.75 Å². The summed E-state index contributed by atoms with van der Waals surface area (Å²) in [7, 11) is -4.18. The van der Waals surface area contributed by atoms with Crippen molar-refractivity contribution < 1.29 is 31.1 Å². The number of amides is 1. The van der Waals surface area contributed by atoms with Gasteiger partial charge in [-0.1, -0.05) is 24.3 Å². The van der Waals surface area contributed by atoms with E-state index in [0.717, 1.165) is 35.4 Å². The van der Waals surface area contributed by atoms with Crippen LogP contribution in [0.15, 0.2) is 71.6 Å². The normalized spacial score (nSPS) is 13.2. The quantitative estimate of drug-likeness (QED) is 0.544. The lowest BCUT2D eigenvalue weighted by Crippen LogP contribution is -2.16. The van der Waals surface area contributed by atoms with Crippen LogP contribution in [-0.2, 0) is 33.8 Å². The van der Waals surface area contributed by atoms with Crippen molar-refractivity contribution in [3.63, 3.8) is 0 Å². The molecule has 0 atom stereocenters. The summed E-state index contributed by atoms with van der Waals surface area (Å²) in [5, 5.41) is 2.65. The number of carbonyl (C=O) groups is 1. The number of ether oxygens (including phenoxy) is 1. The number of hydrogen-bond donors (Lipinski definition) is 2. The first-order valence-corrected chi connectivity index (χ1v) is 11.4. The molecule has 6 nitrogen and oxygen atoms in total. The molecule has 0 unspecified atom stereocenters. The van der Waals surface area contributed by atoms with E-state index in [9.17, 15) is 26.4 Å². The van der Waals surface area contributed by atoms with Gasteiger partial charge in [0, 0.05) is 17.8 Å². The first kappa shape index (κ1) is 22.7. The molecule has 0 saturated carbocycles. The number of rotatable bonds is 6. The highest BCUT2D eigenvalue weighted by molar-refractivity contribution is 7.92. The maximum absolute atomic E-state index is 12.9. The van der Waals surface area contributed by atoms with Crippen molar-refractivity contribution >= 4 is 27.3 Å². The molecule has 0 saturated heterocycles. The Labute approximate surface area is 188 Å². The Bertz CT molecular complexity index is 1310. The molecule has 0 aliphatic carbocycles. The lowest BCUT2D eigenvalue weighted by molar-refractivity contribution is -0.137. The van der Waals surface area contributed by atoms with Crippen molar-refractivity contribution in [1.29, 1.82) is 0 Å². The summed E-state index contributed by atoms with van der Waals surface area (Å²) in [6, 6.07) is 14.9. The summed E-state index contributed by atoms with van der Waals surface area (Å²) in [6.07, 6.45) is -3.73. The van der Waals surface area contributed by atoms with Gasteiger partial charge in [-0.2, -0.15) is 13.2 Å². The van der Waals surface area contributed by atoms with Crippen molar-refractivity contribution in [1.82, 2.24) is 0 Å². The van der Waals surface area contributed by atoms with Crippen molar-refractivity contribution in [2.75, 3.05) is 16.6 Å². The Morgan fingerprint density at radius 1 is 0.970 bits per heavy atom. The van der Waals surface area contributed by atoms with Crippen molar-refractivity contribution in [2.45, 2.75) is 23.9 Å². The van der Waals surface area contributed by atoms with Crippen LogP contribution < -0.4 is 14.8 Å². The second kappa shape index (κ2) is 8.78. The summed E-state index contributed by atoms with van der Waals surface area (Å²) in [5.74, 6) is 0.472. The second-order valence-electron chi connectivity index (χ2n) is 7.48. The molecule has 3 aromatic rings. The Kier molecular flexibility index (Phi) is 6.03. The zero-order chi connectivity index (χ0) is 23.6. The molecule has 33 heavy (non-hydrogen) atoms. The third-order valence-electron chi connectivity index (χ3n) is 4.99. The lowest BCUT2D eigenvalue weighted by Gasteiger charge is -2.12. The molecule has 1 heterocycles. The Morgan fingerprint density at radius 3 is 2.52 bits per heavy atom. The number of halogens is 3. The maximum Gasteiger partial charge on any atom is 0.416 e. The fourth-order valence-corrected chi connectivity index (χ4v) is 4.55. The molecule has 0 bridgehead atoms. The minimum Gasteiger partial charge on any atom is -0.493 e. The minimum absolute atomic E-state index is 0.0900. The maximum atomic E-state index is 12.9. The van der Waals surface area contributed by atoms with E-state index in [1.807, 2.05) is 12.1 Å². The van der Waals surface area contributed by atoms with E-state index in [-0.39, 0.29) is 28.6 Å². The summed E-state index contributed by atoms with van der Waals surface area (Å²) in [6.45, 7) is 0.612. The fourth-order valence-electron chi connectivity index (χ4n) is 3.45. The largest absolute Gasteiger partial charge is 0.493 e. The van der Waals surface area contributed by atoms with Gasteiger partial charge >= 0.3 is 6.18 Å². The molecular formula is C23H19F3N2O4S. The first-order valence-electron chi connectivity index (χ1n) is 9.95.